The molecule has 3 unspecified atom stereocenters. The van der Waals surface area contributed by atoms with Crippen molar-refractivity contribution >= 4 is 10.8 Å². The van der Waals surface area contributed by atoms with E-state index < -0.39 is 22.5 Å². The zero-order valence-electron chi connectivity index (χ0n) is 10.5. The normalized spacial score (nSPS) is 25.5. The van der Waals surface area contributed by atoms with Crippen LogP contribution in [0, 0.1) is 0 Å². The molecule has 0 saturated heterocycles. The van der Waals surface area contributed by atoms with Gasteiger partial charge in [0.1, 0.15) is 0 Å². The Balaban J connectivity index is 2.24. The van der Waals surface area contributed by atoms with Crippen LogP contribution in [0.2, 0.25) is 0 Å². The fourth-order valence-corrected chi connectivity index (χ4v) is 4.24. The minimum absolute atomic E-state index is 0.103. The van der Waals surface area contributed by atoms with Gasteiger partial charge in [0.25, 0.3) is 0 Å². The average molecular weight is 291 g/mol. The third kappa shape index (κ3) is 3.17. The summed E-state index contributed by atoms with van der Waals surface area (Å²) in [6.45, 7) is 0. The molecule has 1 aromatic carbocycles. The van der Waals surface area contributed by atoms with Crippen molar-refractivity contribution in [3.8, 4) is 0 Å². The quantitative estimate of drug-likeness (QED) is 0.927. The van der Waals surface area contributed by atoms with Crippen LogP contribution < -0.4 is 5.32 Å². The van der Waals surface area contributed by atoms with Gasteiger partial charge in [-0.2, -0.15) is 13.2 Å². The van der Waals surface area contributed by atoms with E-state index in [1.54, 1.807) is 7.05 Å². The molecule has 0 aromatic heterocycles. The van der Waals surface area contributed by atoms with E-state index in [9.17, 15) is 17.4 Å². The lowest BCUT2D eigenvalue weighted by molar-refractivity contribution is -0.137. The van der Waals surface area contributed by atoms with E-state index in [0.29, 0.717) is 0 Å². The van der Waals surface area contributed by atoms with Crippen molar-refractivity contribution in [3.63, 3.8) is 0 Å². The molecule has 0 bridgehead atoms. The molecule has 1 fully saturated rings. The van der Waals surface area contributed by atoms with Crippen LogP contribution in [0.4, 0.5) is 13.2 Å². The highest BCUT2D eigenvalue weighted by Crippen LogP contribution is 2.32. The molecule has 1 saturated carbocycles. The maximum absolute atomic E-state index is 12.6. The number of alkyl halides is 3. The van der Waals surface area contributed by atoms with Gasteiger partial charge >= 0.3 is 6.18 Å². The Morgan fingerprint density at radius 3 is 2.68 bits per heavy atom. The number of hydrogen-bond acceptors (Lipinski definition) is 2. The fraction of sp³-hybridized carbons (Fsp3) is 0.538. The van der Waals surface area contributed by atoms with Crippen molar-refractivity contribution in [2.45, 2.75) is 41.6 Å². The largest absolute Gasteiger partial charge is 0.416 e. The fourth-order valence-electron chi connectivity index (χ4n) is 2.48. The van der Waals surface area contributed by atoms with Gasteiger partial charge < -0.3 is 5.32 Å². The van der Waals surface area contributed by atoms with Crippen molar-refractivity contribution in [2.24, 2.45) is 0 Å². The van der Waals surface area contributed by atoms with Gasteiger partial charge in [0.05, 0.1) is 21.6 Å². The molecule has 0 aliphatic heterocycles. The van der Waals surface area contributed by atoms with E-state index in [-0.39, 0.29) is 16.2 Å². The highest BCUT2D eigenvalue weighted by Gasteiger charge is 2.34. The van der Waals surface area contributed by atoms with E-state index >= 15 is 0 Å². The summed E-state index contributed by atoms with van der Waals surface area (Å²) in [7, 11) is 0.402. The third-order valence-corrected chi connectivity index (χ3v) is 5.32. The van der Waals surface area contributed by atoms with E-state index in [2.05, 4.69) is 5.32 Å². The van der Waals surface area contributed by atoms with Crippen LogP contribution in [-0.2, 0) is 17.0 Å². The Morgan fingerprint density at radius 2 is 2.05 bits per heavy atom. The number of halogens is 3. The van der Waals surface area contributed by atoms with Gasteiger partial charge in [0.2, 0.25) is 0 Å². The summed E-state index contributed by atoms with van der Waals surface area (Å²) in [6.07, 6.45) is -1.72. The van der Waals surface area contributed by atoms with Crippen LogP contribution in [0.1, 0.15) is 24.8 Å². The molecule has 6 heteroatoms. The summed E-state index contributed by atoms with van der Waals surface area (Å²) >= 11 is 0. The molecule has 1 aliphatic carbocycles. The lowest BCUT2D eigenvalue weighted by Gasteiger charge is -2.19. The molecule has 0 amide bonds. The molecule has 1 aromatic rings. The molecule has 1 N–H and O–H groups in total. The monoisotopic (exact) mass is 291 g/mol. The number of rotatable bonds is 3. The van der Waals surface area contributed by atoms with Crippen LogP contribution in [-0.4, -0.2) is 22.5 Å². The Morgan fingerprint density at radius 1 is 1.32 bits per heavy atom. The highest BCUT2D eigenvalue weighted by atomic mass is 32.2. The maximum atomic E-state index is 12.6. The summed E-state index contributed by atoms with van der Waals surface area (Å²) in [5.74, 6) is 0. The molecule has 3 atom stereocenters. The maximum Gasteiger partial charge on any atom is 0.416 e. The second-order valence-corrected chi connectivity index (χ2v) is 6.36. The topological polar surface area (TPSA) is 29.1 Å². The Labute approximate surface area is 112 Å². The molecule has 0 radical (unpaired) electrons. The first-order valence-electron chi connectivity index (χ1n) is 6.18. The summed E-state index contributed by atoms with van der Waals surface area (Å²) in [4.78, 5) is 0.266. The summed E-state index contributed by atoms with van der Waals surface area (Å²) in [5, 5.41) is 2.99. The molecular formula is C13H16F3NOS. The minimum Gasteiger partial charge on any atom is -0.316 e. The van der Waals surface area contributed by atoms with Gasteiger partial charge in [0.15, 0.2) is 0 Å². The van der Waals surface area contributed by atoms with Gasteiger partial charge in [0, 0.05) is 10.9 Å². The number of benzene rings is 1. The number of hydrogen-bond donors (Lipinski definition) is 1. The van der Waals surface area contributed by atoms with Gasteiger partial charge in [-0.15, -0.1) is 0 Å². The molecule has 19 heavy (non-hydrogen) atoms. The molecule has 0 heterocycles. The molecular weight excluding hydrogens is 275 g/mol. The number of nitrogens with one attached hydrogen (secondary N) is 1. The Kier molecular flexibility index (Phi) is 4.30. The first-order chi connectivity index (χ1) is 8.93. The van der Waals surface area contributed by atoms with Crippen molar-refractivity contribution in [1.29, 1.82) is 0 Å². The summed E-state index contributed by atoms with van der Waals surface area (Å²) in [5.41, 5.74) is -0.739. The molecule has 2 nitrogen and oxygen atoms in total. The summed E-state index contributed by atoms with van der Waals surface area (Å²) < 4.78 is 50.3. The van der Waals surface area contributed by atoms with Crippen LogP contribution in [0.25, 0.3) is 0 Å². The summed E-state index contributed by atoms with van der Waals surface area (Å²) in [6, 6.07) is 4.96. The first kappa shape index (κ1) is 14.5. The minimum atomic E-state index is -4.39. The van der Waals surface area contributed by atoms with E-state index in [0.717, 1.165) is 31.4 Å². The van der Waals surface area contributed by atoms with Crippen molar-refractivity contribution < 1.29 is 17.4 Å². The molecule has 106 valence electrons. The standard InChI is InChI=1S/C13H16F3NOS/c1-17-11-6-3-7-12(11)19(18)10-5-2-4-9(8-10)13(14,15)16/h2,4-5,8,11-12,17H,3,6-7H2,1H3. The second-order valence-electron chi connectivity index (χ2n) is 4.69. The van der Waals surface area contributed by atoms with Crippen molar-refractivity contribution in [2.75, 3.05) is 7.05 Å². The van der Waals surface area contributed by atoms with Crippen LogP contribution in [0.15, 0.2) is 29.2 Å². The van der Waals surface area contributed by atoms with Gasteiger partial charge in [-0.3, -0.25) is 4.21 Å². The predicted molar refractivity (Wildman–Crippen MR) is 68.3 cm³/mol. The Bertz CT molecular complexity index is 475. The van der Waals surface area contributed by atoms with E-state index in [1.165, 1.54) is 12.1 Å². The van der Waals surface area contributed by atoms with Crippen LogP contribution in [0.3, 0.4) is 0 Å². The highest BCUT2D eigenvalue weighted by molar-refractivity contribution is 7.85. The average Bonchev–Trinajstić information content (AvgIpc) is 2.85. The van der Waals surface area contributed by atoms with Crippen molar-refractivity contribution in [1.82, 2.24) is 5.32 Å². The SMILES string of the molecule is CNC1CCCC1S(=O)c1cccc(C(F)(F)F)c1. The Hall–Kier alpha value is -0.880. The van der Waals surface area contributed by atoms with Crippen molar-refractivity contribution in [3.05, 3.63) is 29.8 Å². The first-order valence-corrected chi connectivity index (χ1v) is 7.40. The van der Waals surface area contributed by atoms with Gasteiger partial charge in [-0.05, 0) is 38.1 Å². The third-order valence-electron chi connectivity index (χ3n) is 3.49. The lowest BCUT2D eigenvalue weighted by atomic mass is 10.2. The van der Waals surface area contributed by atoms with Gasteiger partial charge in [-0.25, -0.2) is 0 Å². The zero-order valence-corrected chi connectivity index (χ0v) is 11.4. The van der Waals surface area contributed by atoms with E-state index in [1.807, 2.05) is 0 Å². The van der Waals surface area contributed by atoms with E-state index in [4.69, 9.17) is 0 Å². The predicted octanol–water partition coefficient (Wildman–Crippen LogP) is 2.95. The molecule has 0 spiro atoms. The molecule has 1 aliphatic rings. The second kappa shape index (κ2) is 5.63. The zero-order chi connectivity index (χ0) is 14.0. The molecule has 2 rings (SSSR count). The smallest absolute Gasteiger partial charge is 0.316 e. The lowest BCUT2D eigenvalue weighted by Crippen LogP contribution is -2.35. The van der Waals surface area contributed by atoms with Crippen LogP contribution >= 0.6 is 0 Å². The van der Waals surface area contributed by atoms with Crippen LogP contribution in [0.5, 0.6) is 0 Å². The van der Waals surface area contributed by atoms with Gasteiger partial charge in [-0.1, -0.05) is 12.5 Å².